The maximum absolute atomic E-state index is 10.6. The lowest BCUT2D eigenvalue weighted by atomic mass is 10.2. The van der Waals surface area contributed by atoms with Gasteiger partial charge in [0, 0.05) is 18.4 Å². The van der Waals surface area contributed by atoms with E-state index in [0.717, 1.165) is 5.56 Å². The first-order valence-corrected chi connectivity index (χ1v) is 6.00. The van der Waals surface area contributed by atoms with Crippen LogP contribution in [0.4, 0.5) is 0 Å². The molecule has 0 aromatic heterocycles. The Bertz CT molecular complexity index is 360. The summed E-state index contributed by atoms with van der Waals surface area (Å²) in [6.07, 6.45) is 6.01. The molecule has 0 aliphatic carbocycles. The number of thioether (sulfide) groups is 1. The molecule has 0 aliphatic heterocycles. The molecule has 0 heterocycles. The second-order valence-electron chi connectivity index (χ2n) is 3.12. The van der Waals surface area contributed by atoms with Crippen LogP contribution in [0.2, 0.25) is 0 Å². The first-order chi connectivity index (χ1) is 7.22. The minimum absolute atomic E-state index is 0.00230. The molecule has 0 radical (unpaired) electrons. The van der Waals surface area contributed by atoms with E-state index in [1.165, 1.54) is 11.8 Å². The van der Waals surface area contributed by atoms with Gasteiger partial charge in [0.2, 0.25) is 5.91 Å². The van der Waals surface area contributed by atoms with Crippen LogP contribution < -0.4 is 5.32 Å². The van der Waals surface area contributed by atoms with Gasteiger partial charge in [0.1, 0.15) is 0 Å². The molecule has 0 saturated heterocycles. The molecule has 0 saturated carbocycles. The summed E-state index contributed by atoms with van der Waals surface area (Å²) in [7, 11) is 0. The lowest BCUT2D eigenvalue weighted by Gasteiger charge is -1.98. The Morgan fingerprint density at radius 2 is 2.33 bits per heavy atom. The van der Waals surface area contributed by atoms with Crippen molar-refractivity contribution in [3.8, 4) is 0 Å². The zero-order chi connectivity index (χ0) is 11.1. The van der Waals surface area contributed by atoms with E-state index in [-0.39, 0.29) is 5.91 Å². The Hall–Kier alpha value is -1.22. The number of amides is 1. The van der Waals surface area contributed by atoms with E-state index < -0.39 is 0 Å². The second kappa shape index (κ2) is 6.30. The van der Waals surface area contributed by atoms with Crippen molar-refractivity contribution in [2.45, 2.75) is 11.8 Å². The van der Waals surface area contributed by atoms with E-state index in [9.17, 15) is 4.79 Å². The highest BCUT2D eigenvalue weighted by Crippen LogP contribution is 2.16. The molecule has 0 bridgehead atoms. The first-order valence-electron chi connectivity index (χ1n) is 4.77. The minimum atomic E-state index is -0.00230. The molecule has 2 nitrogen and oxygen atoms in total. The molecule has 0 atom stereocenters. The lowest BCUT2D eigenvalue weighted by Crippen LogP contribution is -2.19. The zero-order valence-electron chi connectivity index (χ0n) is 8.99. The third kappa shape index (κ3) is 4.70. The molecular formula is C12H15NOS. The van der Waals surface area contributed by atoms with Crippen LogP contribution >= 0.6 is 11.8 Å². The summed E-state index contributed by atoms with van der Waals surface area (Å²) in [5.41, 5.74) is 1.16. The van der Waals surface area contributed by atoms with Crippen LogP contribution in [-0.4, -0.2) is 18.7 Å². The van der Waals surface area contributed by atoms with E-state index in [2.05, 4.69) is 23.7 Å². The molecule has 1 amide bonds. The predicted octanol–water partition coefficient (Wildman–Crippen LogP) is 2.56. The molecule has 80 valence electrons. The topological polar surface area (TPSA) is 29.1 Å². The fraction of sp³-hybridized carbons (Fsp3) is 0.250. The Balaban J connectivity index is 2.52. The van der Waals surface area contributed by atoms with Crippen LogP contribution in [-0.2, 0) is 4.79 Å². The molecule has 1 N–H and O–H groups in total. The Morgan fingerprint density at radius 1 is 1.53 bits per heavy atom. The van der Waals surface area contributed by atoms with Crippen molar-refractivity contribution in [1.82, 2.24) is 5.32 Å². The van der Waals surface area contributed by atoms with Crippen LogP contribution in [0, 0.1) is 0 Å². The van der Waals surface area contributed by atoms with Gasteiger partial charge in [0.05, 0.1) is 0 Å². The average Bonchev–Trinajstić information content (AvgIpc) is 2.24. The van der Waals surface area contributed by atoms with E-state index in [0.29, 0.717) is 6.54 Å². The van der Waals surface area contributed by atoms with E-state index in [1.54, 1.807) is 11.8 Å². The second-order valence-corrected chi connectivity index (χ2v) is 4.00. The fourth-order valence-corrected chi connectivity index (χ4v) is 1.61. The summed E-state index contributed by atoms with van der Waals surface area (Å²) in [6, 6.07) is 8.28. The Morgan fingerprint density at radius 3 is 3.00 bits per heavy atom. The third-order valence-corrected chi connectivity index (χ3v) is 2.60. The standard InChI is InChI=1S/C12H15NOS/c1-10(14)13-8-4-6-11-5-3-7-12(9-11)15-2/h3-7,9H,8H2,1-2H3,(H,13,14). The minimum Gasteiger partial charge on any atom is -0.353 e. The van der Waals surface area contributed by atoms with E-state index in [4.69, 9.17) is 0 Å². The van der Waals surface area contributed by atoms with E-state index in [1.807, 2.05) is 24.3 Å². The van der Waals surface area contributed by atoms with Gasteiger partial charge in [-0.25, -0.2) is 0 Å². The van der Waals surface area contributed by atoms with Crippen LogP contribution in [0.25, 0.3) is 6.08 Å². The van der Waals surface area contributed by atoms with Gasteiger partial charge < -0.3 is 5.32 Å². The van der Waals surface area contributed by atoms with Crippen LogP contribution in [0.15, 0.2) is 35.2 Å². The highest BCUT2D eigenvalue weighted by atomic mass is 32.2. The van der Waals surface area contributed by atoms with Gasteiger partial charge in [-0.05, 0) is 24.0 Å². The molecule has 1 aromatic rings. The molecule has 1 rings (SSSR count). The third-order valence-electron chi connectivity index (χ3n) is 1.87. The molecule has 0 spiro atoms. The maximum Gasteiger partial charge on any atom is 0.217 e. The summed E-state index contributed by atoms with van der Waals surface area (Å²) in [5, 5.41) is 2.71. The average molecular weight is 221 g/mol. The number of carbonyl (C=O) groups excluding carboxylic acids is 1. The van der Waals surface area contributed by atoms with Crippen molar-refractivity contribution in [2.24, 2.45) is 0 Å². The number of rotatable bonds is 4. The van der Waals surface area contributed by atoms with Crippen molar-refractivity contribution in [2.75, 3.05) is 12.8 Å². The Labute approximate surface area is 94.8 Å². The highest BCUT2D eigenvalue weighted by Gasteiger charge is 1.90. The summed E-state index contributed by atoms with van der Waals surface area (Å²) in [5.74, 6) is -0.00230. The van der Waals surface area contributed by atoms with Gasteiger partial charge in [0.15, 0.2) is 0 Å². The van der Waals surface area contributed by atoms with Crippen LogP contribution in [0.3, 0.4) is 0 Å². The number of hydrogen-bond donors (Lipinski definition) is 1. The number of hydrogen-bond acceptors (Lipinski definition) is 2. The van der Waals surface area contributed by atoms with Crippen molar-refractivity contribution < 1.29 is 4.79 Å². The predicted molar refractivity (Wildman–Crippen MR) is 65.9 cm³/mol. The van der Waals surface area contributed by atoms with Crippen molar-refractivity contribution >= 4 is 23.7 Å². The van der Waals surface area contributed by atoms with Crippen molar-refractivity contribution in [3.63, 3.8) is 0 Å². The molecule has 3 heteroatoms. The normalized spacial score (nSPS) is 10.5. The molecule has 1 aromatic carbocycles. The largest absolute Gasteiger partial charge is 0.353 e. The monoisotopic (exact) mass is 221 g/mol. The SMILES string of the molecule is CSc1cccc(C=CCNC(C)=O)c1. The Kier molecular flexibility index (Phi) is 4.98. The van der Waals surface area contributed by atoms with Crippen LogP contribution in [0.1, 0.15) is 12.5 Å². The highest BCUT2D eigenvalue weighted by molar-refractivity contribution is 7.98. The smallest absolute Gasteiger partial charge is 0.217 e. The van der Waals surface area contributed by atoms with Gasteiger partial charge in [0.25, 0.3) is 0 Å². The quantitative estimate of drug-likeness (QED) is 0.792. The molecular weight excluding hydrogens is 206 g/mol. The molecule has 15 heavy (non-hydrogen) atoms. The number of benzene rings is 1. The number of carbonyl (C=O) groups is 1. The van der Waals surface area contributed by atoms with Gasteiger partial charge in [-0.2, -0.15) is 0 Å². The van der Waals surface area contributed by atoms with Gasteiger partial charge in [-0.3, -0.25) is 4.79 Å². The van der Waals surface area contributed by atoms with Gasteiger partial charge in [-0.1, -0.05) is 24.3 Å². The zero-order valence-corrected chi connectivity index (χ0v) is 9.80. The lowest BCUT2D eigenvalue weighted by molar-refractivity contribution is -0.118. The molecule has 0 aliphatic rings. The molecule has 0 fully saturated rings. The summed E-state index contributed by atoms with van der Waals surface area (Å²) in [6.45, 7) is 2.10. The van der Waals surface area contributed by atoms with Crippen molar-refractivity contribution in [1.29, 1.82) is 0 Å². The van der Waals surface area contributed by atoms with E-state index >= 15 is 0 Å². The van der Waals surface area contributed by atoms with Crippen LogP contribution in [0.5, 0.6) is 0 Å². The fourth-order valence-electron chi connectivity index (χ4n) is 1.14. The van der Waals surface area contributed by atoms with Crippen molar-refractivity contribution in [3.05, 3.63) is 35.9 Å². The summed E-state index contributed by atoms with van der Waals surface area (Å²) < 4.78 is 0. The summed E-state index contributed by atoms with van der Waals surface area (Å²) >= 11 is 1.72. The van der Waals surface area contributed by atoms with Gasteiger partial charge in [-0.15, -0.1) is 11.8 Å². The first kappa shape index (κ1) is 11.9. The molecule has 0 unspecified atom stereocenters. The van der Waals surface area contributed by atoms with Gasteiger partial charge >= 0.3 is 0 Å². The summed E-state index contributed by atoms with van der Waals surface area (Å²) in [4.78, 5) is 11.9. The maximum atomic E-state index is 10.6. The number of nitrogens with one attached hydrogen (secondary N) is 1.